The summed E-state index contributed by atoms with van der Waals surface area (Å²) in [5, 5.41) is 0. The number of hydrogen-bond donors (Lipinski definition) is 2. The maximum atomic E-state index is 6.15. The van der Waals surface area contributed by atoms with Crippen molar-refractivity contribution in [1.82, 2.24) is 0 Å². The zero-order chi connectivity index (χ0) is 10.3. The maximum absolute atomic E-state index is 6.15. The van der Waals surface area contributed by atoms with Gasteiger partial charge in [0.05, 0.1) is 0 Å². The molecule has 0 aliphatic heterocycles. The van der Waals surface area contributed by atoms with E-state index in [1.165, 1.54) is 18.4 Å². The molecule has 1 aliphatic carbocycles. The van der Waals surface area contributed by atoms with Gasteiger partial charge in [-0.2, -0.15) is 0 Å². The summed E-state index contributed by atoms with van der Waals surface area (Å²) in [5.41, 5.74) is 16.5. The summed E-state index contributed by atoms with van der Waals surface area (Å²) in [6.07, 6.45) is 2.56. The topological polar surface area (TPSA) is 52.0 Å². The van der Waals surface area contributed by atoms with Crippen LogP contribution in [0.25, 0.3) is 0 Å². The summed E-state index contributed by atoms with van der Waals surface area (Å²) < 4.78 is 0. The van der Waals surface area contributed by atoms with E-state index in [2.05, 4.69) is 12.1 Å². The predicted octanol–water partition coefficient (Wildman–Crippen LogP) is 2.30. The molecule has 0 unspecified atom stereocenters. The number of rotatable bonds is 2. The normalized spacial score (nSPS) is 18.2. The van der Waals surface area contributed by atoms with E-state index in [0.717, 1.165) is 16.8 Å². The van der Waals surface area contributed by atoms with Crippen molar-refractivity contribution >= 4 is 5.69 Å². The average molecular weight is 190 g/mol. The van der Waals surface area contributed by atoms with Crippen LogP contribution in [0.15, 0.2) is 12.1 Å². The molecule has 2 heteroatoms. The molecule has 0 radical (unpaired) electrons. The highest BCUT2D eigenvalue weighted by Gasteiger charge is 2.29. The number of hydrogen-bond acceptors (Lipinski definition) is 2. The van der Waals surface area contributed by atoms with Gasteiger partial charge >= 0.3 is 0 Å². The van der Waals surface area contributed by atoms with E-state index in [0.29, 0.717) is 5.92 Å². The van der Waals surface area contributed by atoms with Crippen molar-refractivity contribution in [2.45, 2.75) is 32.7 Å². The summed E-state index contributed by atoms with van der Waals surface area (Å²) in [6.45, 7) is 4.09. The molecule has 0 aromatic heterocycles. The first-order chi connectivity index (χ1) is 6.59. The first-order valence-corrected chi connectivity index (χ1v) is 5.22. The van der Waals surface area contributed by atoms with Gasteiger partial charge in [0.1, 0.15) is 0 Å². The van der Waals surface area contributed by atoms with E-state index in [9.17, 15) is 0 Å². The van der Waals surface area contributed by atoms with Crippen LogP contribution < -0.4 is 11.5 Å². The lowest BCUT2D eigenvalue weighted by molar-refractivity contribution is 0.632. The fourth-order valence-electron chi connectivity index (χ4n) is 1.93. The van der Waals surface area contributed by atoms with Crippen LogP contribution in [0.4, 0.5) is 5.69 Å². The minimum atomic E-state index is 0.216. The molecule has 2 nitrogen and oxygen atoms in total. The first-order valence-electron chi connectivity index (χ1n) is 5.22. The Labute approximate surface area is 85.3 Å². The highest BCUT2D eigenvalue weighted by atomic mass is 14.7. The van der Waals surface area contributed by atoms with Gasteiger partial charge in [-0.15, -0.1) is 0 Å². The second-order valence-electron chi connectivity index (χ2n) is 4.43. The Morgan fingerprint density at radius 2 is 1.71 bits per heavy atom. The molecular weight excluding hydrogens is 172 g/mol. The molecule has 0 amide bonds. The molecule has 1 saturated carbocycles. The standard InChI is InChI=1S/C12H18N2/c1-7-5-10(6-8(2)11(7)13)12(14)9-3-4-9/h5-6,9,12H,3-4,13-14H2,1-2H3/t12-/m0/s1. The predicted molar refractivity (Wildman–Crippen MR) is 60.0 cm³/mol. The van der Waals surface area contributed by atoms with Crippen molar-refractivity contribution in [1.29, 1.82) is 0 Å². The number of nitrogens with two attached hydrogens (primary N) is 2. The van der Waals surface area contributed by atoms with Crippen LogP contribution in [0.3, 0.4) is 0 Å². The van der Waals surface area contributed by atoms with E-state index >= 15 is 0 Å². The van der Waals surface area contributed by atoms with Crippen LogP contribution in [0.5, 0.6) is 0 Å². The zero-order valence-electron chi connectivity index (χ0n) is 8.88. The molecule has 1 aromatic carbocycles. The largest absolute Gasteiger partial charge is 0.398 e. The zero-order valence-corrected chi connectivity index (χ0v) is 8.88. The van der Waals surface area contributed by atoms with Crippen LogP contribution in [0.2, 0.25) is 0 Å². The molecule has 14 heavy (non-hydrogen) atoms. The molecular formula is C12H18N2. The monoisotopic (exact) mass is 190 g/mol. The van der Waals surface area contributed by atoms with Crippen LogP contribution >= 0.6 is 0 Å². The highest BCUT2D eigenvalue weighted by molar-refractivity contribution is 5.54. The number of aryl methyl sites for hydroxylation is 2. The molecule has 76 valence electrons. The minimum absolute atomic E-state index is 0.216. The third kappa shape index (κ3) is 1.62. The Morgan fingerprint density at radius 1 is 1.21 bits per heavy atom. The van der Waals surface area contributed by atoms with Gasteiger partial charge in [0.25, 0.3) is 0 Å². The average Bonchev–Trinajstić information content (AvgIpc) is 2.95. The SMILES string of the molecule is Cc1cc([C@@H](N)C2CC2)cc(C)c1N. The van der Waals surface area contributed by atoms with Crippen LogP contribution in [0, 0.1) is 19.8 Å². The van der Waals surface area contributed by atoms with Crippen LogP contribution in [0.1, 0.15) is 35.6 Å². The van der Waals surface area contributed by atoms with Crippen LogP contribution in [-0.4, -0.2) is 0 Å². The quantitative estimate of drug-likeness (QED) is 0.703. The van der Waals surface area contributed by atoms with Gasteiger partial charge < -0.3 is 11.5 Å². The van der Waals surface area contributed by atoms with Crippen molar-refractivity contribution in [3.63, 3.8) is 0 Å². The van der Waals surface area contributed by atoms with Crippen LogP contribution in [-0.2, 0) is 0 Å². The molecule has 2 rings (SSSR count). The van der Waals surface area contributed by atoms with Crippen molar-refractivity contribution in [2.24, 2.45) is 11.7 Å². The maximum Gasteiger partial charge on any atom is 0.0373 e. The number of anilines is 1. The van der Waals surface area contributed by atoms with Gasteiger partial charge in [-0.1, -0.05) is 12.1 Å². The second-order valence-corrected chi connectivity index (χ2v) is 4.43. The second kappa shape index (κ2) is 3.28. The third-order valence-electron chi connectivity index (χ3n) is 3.13. The first kappa shape index (κ1) is 9.53. The lowest BCUT2D eigenvalue weighted by atomic mass is 9.97. The lowest BCUT2D eigenvalue weighted by Crippen LogP contribution is -2.13. The van der Waals surface area contributed by atoms with E-state index in [4.69, 9.17) is 11.5 Å². The molecule has 0 bridgehead atoms. The Bertz CT molecular complexity index is 330. The molecule has 4 N–H and O–H groups in total. The summed E-state index contributed by atoms with van der Waals surface area (Å²) in [4.78, 5) is 0. The van der Waals surface area contributed by atoms with E-state index in [-0.39, 0.29) is 6.04 Å². The molecule has 1 aliphatic rings. The Kier molecular flexibility index (Phi) is 2.23. The Morgan fingerprint density at radius 3 is 2.14 bits per heavy atom. The number of nitrogen functional groups attached to an aromatic ring is 1. The van der Waals surface area contributed by atoms with E-state index < -0.39 is 0 Å². The molecule has 0 spiro atoms. The Hall–Kier alpha value is -1.02. The smallest absolute Gasteiger partial charge is 0.0373 e. The summed E-state index contributed by atoms with van der Waals surface area (Å²) in [6, 6.07) is 4.48. The summed E-state index contributed by atoms with van der Waals surface area (Å²) >= 11 is 0. The minimum Gasteiger partial charge on any atom is -0.398 e. The van der Waals surface area contributed by atoms with Gasteiger partial charge in [0, 0.05) is 11.7 Å². The van der Waals surface area contributed by atoms with Crippen molar-refractivity contribution < 1.29 is 0 Å². The van der Waals surface area contributed by atoms with E-state index in [1.54, 1.807) is 0 Å². The van der Waals surface area contributed by atoms with E-state index in [1.807, 2.05) is 13.8 Å². The number of benzene rings is 1. The van der Waals surface area contributed by atoms with Crippen molar-refractivity contribution in [3.8, 4) is 0 Å². The third-order valence-corrected chi connectivity index (χ3v) is 3.13. The fourth-order valence-corrected chi connectivity index (χ4v) is 1.93. The van der Waals surface area contributed by atoms with Crippen molar-refractivity contribution in [2.75, 3.05) is 5.73 Å². The van der Waals surface area contributed by atoms with Gasteiger partial charge in [-0.3, -0.25) is 0 Å². The van der Waals surface area contributed by atoms with Gasteiger partial charge in [0.15, 0.2) is 0 Å². The highest BCUT2D eigenvalue weighted by Crippen LogP contribution is 2.40. The van der Waals surface area contributed by atoms with Crippen molar-refractivity contribution in [3.05, 3.63) is 28.8 Å². The van der Waals surface area contributed by atoms with Gasteiger partial charge in [-0.25, -0.2) is 0 Å². The Balaban J connectivity index is 2.34. The summed E-state index contributed by atoms with van der Waals surface area (Å²) in [5.74, 6) is 0.706. The molecule has 1 atom stereocenters. The van der Waals surface area contributed by atoms with Gasteiger partial charge in [-0.05, 0) is 49.3 Å². The molecule has 0 heterocycles. The molecule has 0 saturated heterocycles. The lowest BCUT2D eigenvalue weighted by Gasteiger charge is -2.14. The summed E-state index contributed by atoms with van der Waals surface area (Å²) in [7, 11) is 0. The van der Waals surface area contributed by atoms with Gasteiger partial charge in [0.2, 0.25) is 0 Å². The molecule has 1 fully saturated rings. The fraction of sp³-hybridized carbons (Fsp3) is 0.500. The molecule has 1 aromatic rings.